The molecular formula is C12H11BrN4O. The van der Waals surface area contributed by atoms with Crippen LogP contribution in [0.5, 0.6) is 11.6 Å². The van der Waals surface area contributed by atoms with E-state index in [9.17, 15) is 0 Å². The first-order valence-corrected chi connectivity index (χ1v) is 5.95. The summed E-state index contributed by atoms with van der Waals surface area (Å²) in [6.45, 7) is 1.82. The van der Waals surface area contributed by atoms with E-state index in [-0.39, 0.29) is 5.84 Å². The average Bonchev–Trinajstić information content (AvgIpc) is 2.28. The fourth-order valence-electron chi connectivity index (χ4n) is 1.41. The van der Waals surface area contributed by atoms with E-state index in [0.717, 1.165) is 10.2 Å². The molecule has 0 aliphatic heterocycles. The zero-order chi connectivity index (χ0) is 13.1. The van der Waals surface area contributed by atoms with E-state index >= 15 is 0 Å². The number of aryl methyl sites for hydroxylation is 1. The number of nitrogens with zero attached hydrogens (tertiary/aromatic N) is 2. The first-order chi connectivity index (χ1) is 8.54. The Morgan fingerprint density at radius 3 is 2.78 bits per heavy atom. The van der Waals surface area contributed by atoms with Crippen LogP contribution in [-0.4, -0.2) is 15.8 Å². The smallest absolute Gasteiger partial charge is 0.220 e. The van der Waals surface area contributed by atoms with Crippen molar-refractivity contribution in [1.29, 1.82) is 5.41 Å². The Hall–Kier alpha value is -1.95. The number of rotatable bonds is 3. The summed E-state index contributed by atoms with van der Waals surface area (Å²) in [4.78, 5) is 8.22. The molecule has 0 atom stereocenters. The summed E-state index contributed by atoms with van der Waals surface area (Å²) >= 11 is 3.31. The van der Waals surface area contributed by atoms with Crippen molar-refractivity contribution in [3.63, 3.8) is 0 Å². The predicted octanol–water partition coefficient (Wildman–Crippen LogP) is 2.62. The number of halogens is 1. The van der Waals surface area contributed by atoms with Gasteiger partial charge in [0.1, 0.15) is 11.6 Å². The molecule has 0 saturated heterocycles. The van der Waals surface area contributed by atoms with Crippen LogP contribution in [0.2, 0.25) is 0 Å². The molecule has 5 nitrogen and oxygen atoms in total. The third kappa shape index (κ3) is 3.04. The van der Waals surface area contributed by atoms with Crippen molar-refractivity contribution in [2.75, 3.05) is 0 Å². The molecule has 0 aliphatic rings. The minimum absolute atomic E-state index is 0.0160. The van der Waals surface area contributed by atoms with E-state index in [1.807, 2.05) is 6.92 Å². The van der Waals surface area contributed by atoms with E-state index in [0.29, 0.717) is 17.2 Å². The number of hydrogen-bond donors (Lipinski definition) is 2. The predicted molar refractivity (Wildman–Crippen MR) is 72.0 cm³/mol. The lowest BCUT2D eigenvalue weighted by molar-refractivity contribution is 0.459. The lowest BCUT2D eigenvalue weighted by Gasteiger charge is -2.07. The summed E-state index contributed by atoms with van der Waals surface area (Å²) in [5, 5.41) is 7.42. The molecule has 2 aromatic heterocycles. The number of amidine groups is 1. The molecule has 92 valence electrons. The zero-order valence-electron chi connectivity index (χ0n) is 9.64. The molecule has 0 amide bonds. The number of nitrogen functional groups attached to an aromatic ring is 1. The number of hydrogen-bond acceptors (Lipinski definition) is 4. The third-order valence-corrected chi connectivity index (χ3v) is 2.58. The van der Waals surface area contributed by atoms with Crippen LogP contribution in [0.1, 0.15) is 11.3 Å². The Kier molecular flexibility index (Phi) is 3.57. The van der Waals surface area contributed by atoms with Gasteiger partial charge in [0.15, 0.2) is 0 Å². The molecule has 2 aromatic rings. The quantitative estimate of drug-likeness (QED) is 0.674. The SMILES string of the molecule is Cc1cc(C(=N)N)cc(Oc2cncc(Br)c2)n1. The normalized spacial score (nSPS) is 10.1. The maximum atomic E-state index is 7.42. The second-order valence-corrected chi connectivity index (χ2v) is 4.61. The number of pyridine rings is 2. The van der Waals surface area contributed by atoms with Gasteiger partial charge >= 0.3 is 0 Å². The maximum Gasteiger partial charge on any atom is 0.220 e. The van der Waals surface area contributed by atoms with Gasteiger partial charge in [0.05, 0.1) is 6.20 Å². The number of ether oxygens (including phenoxy) is 1. The topological polar surface area (TPSA) is 84.9 Å². The van der Waals surface area contributed by atoms with Crippen LogP contribution in [-0.2, 0) is 0 Å². The van der Waals surface area contributed by atoms with Gasteiger partial charge in [-0.05, 0) is 35.0 Å². The van der Waals surface area contributed by atoms with Crippen LogP contribution >= 0.6 is 15.9 Å². The number of nitrogens with two attached hydrogens (primary N) is 1. The largest absolute Gasteiger partial charge is 0.437 e. The molecule has 0 radical (unpaired) electrons. The Morgan fingerprint density at radius 1 is 1.33 bits per heavy atom. The highest BCUT2D eigenvalue weighted by Gasteiger charge is 2.05. The highest BCUT2D eigenvalue weighted by molar-refractivity contribution is 9.10. The number of aromatic nitrogens is 2. The number of nitrogens with one attached hydrogen (secondary N) is 1. The monoisotopic (exact) mass is 306 g/mol. The second-order valence-electron chi connectivity index (χ2n) is 3.69. The molecule has 3 N–H and O–H groups in total. The summed E-state index contributed by atoms with van der Waals surface area (Å²) in [6.07, 6.45) is 3.25. The molecule has 6 heteroatoms. The molecule has 0 spiro atoms. The summed E-state index contributed by atoms with van der Waals surface area (Å²) in [6, 6.07) is 5.13. The van der Waals surface area contributed by atoms with Crippen LogP contribution in [0.25, 0.3) is 0 Å². The van der Waals surface area contributed by atoms with Gasteiger partial charge in [-0.15, -0.1) is 0 Å². The van der Waals surface area contributed by atoms with Crippen molar-refractivity contribution in [2.45, 2.75) is 6.92 Å². The molecule has 0 unspecified atom stereocenters. The fourth-order valence-corrected chi connectivity index (χ4v) is 1.76. The maximum absolute atomic E-state index is 7.42. The summed E-state index contributed by atoms with van der Waals surface area (Å²) in [5.41, 5.74) is 6.77. The van der Waals surface area contributed by atoms with Gasteiger partial charge in [-0.25, -0.2) is 4.98 Å². The standard InChI is InChI=1S/C12H11BrN4O/c1-7-2-8(12(14)15)3-11(17-7)18-10-4-9(13)5-16-6-10/h2-6H,1H3,(H3,14,15). The molecule has 2 rings (SSSR count). The van der Waals surface area contributed by atoms with Crippen molar-refractivity contribution in [3.8, 4) is 11.6 Å². The van der Waals surface area contributed by atoms with Crippen LogP contribution in [0.15, 0.2) is 35.1 Å². The zero-order valence-corrected chi connectivity index (χ0v) is 11.2. The van der Waals surface area contributed by atoms with Crippen LogP contribution in [0.3, 0.4) is 0 Å². The summed E-state index contributed by atoms with van der Waals surface area (Å²) in [7, 11) is 0. The van der Waals surface area contributed by atoms with Gasteiger partial charge < -0.3 is 10.5 Å². The molecule has 0 aliphatic carbocycles. The highest BCUT2D eigenvalue weighted by Crippen LogP contribution is 2.22. The Morgan fingerprint density at radius 2 is 2.11 bits per heavy atom. The van der Waals surface area contributed by atoms with Gasteiger partial charge in [0.2, 0.25) is 5.88 Å². The van der Waals surface area contributed by atoms with Crippen LogP contribution in [0, 0.1) is 12.3 Å². The van der Waals surface area contributed by atoms with Gasteiger partial charge in [-0.2, -0.15) is 0 Å². The third-order valence-electron chi connectivity index (χ3n) is 2.14. The minimum Gasteiger partial charge on any atom is -0.437 e. The van der Waals surface area contributed by atoms with Crippen molar-refractivity contribution in [1.82, 2.24) is 9.97 Å². The molecule has 0 fully saturated rings. The summed E-state index contributed by atoms with van der Waals surface area (Å²) < 4.78 is 6.39. The molecule has 0 aromatic carbocycles. The van der Waals surface area contributed by atoms with Crippen molar-refractivity contribution >= 4 is 21.8 Å². The first-order valence-electron chi connectivity index (χ1n) is 5.16. The fraction of sp³-hybridized carbons (Fsp3) is 0.0833. The van der Waals surface area contributed by atoms with Crippen molar-refractivity contribution in [3.05, 3.63) is 46.3 Å². The van der Waals surface area contributed by atoms with Crippen molar-refractivity contribution in [2.24, 2.45) is 5.73 Å². The Labute approximate surface area is 113 Å². The van der Waals surface area contributed by atoms with E-state index in [2.05, 4.69) is 25.9 Å². The molecule has 0 saturated carbocycles. The Bertz CT molecular complexity index is 600. The van der Waals surface area contributed by atoms with E-state index < -0.39 is 0 Å². The minimum atomic E-state index is -0.0160. The lowest BCUT2D eigenvalue weighted by Crippen LogP contribution is -2.11. The van der Waals surface area contributed by atoms with E-state index in [4.69, 9.17) is 15.9 Å². The van der Waals surface area contributed by atoms with E-state index in [1.54, 1.807) is 30.6 Å². The molecule has 2 heterocycles. The van der Waals surface area contributed by atoms with Gasteiger partial charge in [0, 0.05) is 28.0 Å². The van der Waals surface area contributed by atoms with Gasteiger partial charge in [-0.1, -0.05) is 0 Å². The van der Waals surface area contributed by atoms with Gasteiger partial charge in [0.25, 0.3) is 0 Å². The molecule has 0 bridgehead atoms. The summed E-state index contributed by atoms with van der Waals surface area (Å²) in [5.74, 6) is 0.940. The molecule has 18 heavy (non-hydrogen) atoms. The second kappa shape index (κ2) is 5.14. The molecular weight excluding hydrogens is 296 g/mol. The average molecular weight is 307 g/mol. The lowest BCUT2D eigenvalue weighted by atomic mass is 10.2. The Balaban J connectivity index is 2.31. The first kappa shape index (κ1) is 12.5. The van der Waals surface area contributed by atoms with Gasteiger partial charge in [-0.3, -0.25) is 10.4 Å². The van der Waals surface area contributed by atoms with Crippen molar-refractivity contribution < 1.29 is 4.74 Å². The van der Waals surface area contributed by atoms with Crippen LogP contribution in [0.4, 0.5) is 0 Å². The van der Waals surface area contributed by atoms with Crippen LogP contribution < -0.4 is 10.5 Å². The van der Waals surface area contributed by atoms with E-state index in [1.165, 1.54) is 0 Å². The highest BCUT2D eigenvalue weighted by atomic mass is 79.9.